The van der Waals surface area contributed by atoms with Crippen molar-refractivity contribution in [3.63, 3.8) is 0 Å². The number of hydrogen-bond acceptors (Lipinski definition) is 5. The van der Waals surface area contributed by atoms with Gasteiger partial charge in [-0.3, -0.25) is 14.9 Å². The Morgan fingerprint density at radius 1 is 1.29 bits per heavy atom. The fourth-order valence-corrected chi connectivity index (χ4v) is 2.02. The van der Waals surface area contributed by atoms with E-state index in [2.05, 4.69) is 21.2 Å². The quantitative estimate of drug-likeness (QED) is 0.642. The average molecular weight is 355 g/mol. The van der Waals surface area contributed by atoms with Gasteiger partial charge in [-0.05, 0) is 34.1 Å². The number of benzene rings is 1. The lowest BCUT2D eigenvalue weighted by Crippen LogP contribution is -2.14. The van der Waals surface area contributed by atoms with Gasteiger partial charge in [0.15, 0.2) is 5.76 Å². The Bertz CT molecular complexity index is 739. The predicted octanol–water partition coefficient (Wildman–Crippen LogP) is 2.90. The van der Waals surface area contributed by atoms with Crippen molar-refractivity contribution in [1.29, 1.82) is 0 Å². The van der Waals surface area contributed by atoms with Crippen molar-refractivity contribution >= 4 is 39.4 Å². The summed E-state index contributed by atoms with van der Waals surface area (Å²) in [6.07, 6.45) is 0. The molecule has 0 unspecified atom stereocenters. The molecule has 0 aliphatic rings. The van der Waals surface area contributed by atoms with Crippen LogP contribution in [0.25, 0.3) is 0 Å². The summed E-state index contributed by atoms with van der Waals surface area (Å²) in [5.74, 6) is -2.89. The molecule has 1 aromatic carbocycles. The second-order valence-electron chi connectivity index (χ2n) is 3.82. The van der Waals surface area contributed by atoms with Crippen LogP contribution >= 0.6 is 15.9 Å². The number of carboxylic acids is 1. The van der Waals surface area contributed by atoms with E-state index in [-0.39, 0.29) is 17.0 Å². The van der Waals surface area contributed by atoms with Crippen LogP contribution in [0.4, 0.5) is 11.6 Å². The number of amides is 1. The van der Waals surface area contributed by atoms with E-state index in [1.165, 1.54) is 12.1 Å². The molecule has 1 aromatic heterocycles. The maximum Gasteiger partial charge on any atom is 0.433 e. The highest BCUT2D eigenvalue weighted by Crippen LogP contribution is 2.27. The number of nitrogens with one attached hydrogen (secondary N) is 1. The number of carbonyl (C=O) groups excluding carboxylic acids is 1. The smallest absolute Gasteiger partial charge is 0.433 e. The first kappa shape index (κ1) is 14.7. The predicted molar refractivity (Wildman–Crippen MR) is 74.4 cm³/mol. The number of nitrogens with zero attached hydrogens (tertiary/aromatic N) is 1. The third-order valence-corrected chi connectivity index (χ3v) is 3.14. The van der Waals surface area contributed by atoms with Gasteiger partial charge in [-0.15, -0.1) is 0 Å². The number of carbonyl (C=O) groups is 2. The van der Waals surface area contributed by atoms with Crippen molar-refractivity contribution in [3.8, 4) is 0 Å². The second-order valence-corrected chi connectivity index (χ2v) is 4.67. The van der Waals surface area contributed by atoms with Gasteiger partial charge in [0, 0.05) is 4.47 Å². The molecule has 108 valence electrons. The maximum absolute atomic E-state index is 11.9. The van der Waals surface area contributed by atoms with Crippen molar-refractivity contribution in [2.75, 3.05) is 5.32 Å². The number of hydrogen-bond donors (Lipinski definition) is 2. The van der Waals surface area contributed by atoms with Crippen LogP contribution < -0.4 is 5.32 Å². The van der Waals surface area contributed by atoms with Crippen LogP contribution in [0.1, 0.15) is 20.9 Å². The molecule has 9 heteroatoms. The molecule has 2 aromatic rings. The fourth-order valence-electron chi connectivity index (χ4n) is 1.55. The summed E-state index contributed by atoms with van der Waals surface area (Å²) in [5, 5.41) is 21.9. The van der Waals surface area contributed by atoms with Crippen LogP contribution in [-0.2, 0) is 0 Å². The molecule has 2 N–H and O–H groups in total. The summed E-state index contributed by atoms with van der Waals surface area (Å²) in [6, 6.07) is 6.53. The van der Waals surface area contributed by atoms with E-state index < -0.39 is 22.7 Å². The van der Waals surface area contributed by atoms with Crippen LogP contribution in [0.3, 0.4) is 0 Å². The Hall–Kier alpha value is -2.68. The number of aromatic carboxylic acids is 1. The molecule has 0 fully saturated rings. The number of para-hydroxylation sites is 1. The minimum Gasteiger partial charge on any atom is -0.478 e. The standard InChI is InChI=1S/C12H7BrN2O6/c13-7-3-1-2-6(12(17)18)10(7)14-11(16)8-4-5-9(21-8)15(19)20/h1-5H,(H,14,16)(H,17,18). The molecule has 0 atom stereocenters. The molecule has 21 heavy (non-hydrogen) atoms. The lowest BCUT2D eigenvalue weighted by Gasteiger charge is -2.09. The largest absolute Gasteiger partial charge is 0.478 e. The molecular weight excluding hydrogens is 348 g/mol. The third-order valence-electron chi connectivity index (χ3n) is 2.48. The summed E-state index contributed by atoms with van der Waals surface area (Å²) in [6.45, 7) is 0. The van der Waals surface area contributed by atoms with Gasteiger partial charge in [-0.1, -0.05) is 6.07 Å². The zero-order valence-electron chi connectivity index (χ0n) is 10.2. The van der Waals surface area contributed by atoms with Crippen LogP contribution in [0, 0.1) is 10.1 Å². The number of halogens is 1. The Morgan fingerprint density at radius 3 is 2.57 bits per heavy atom. The summed E-state index contributed by atoms with van der Waals surface area (Å²) in [4.78, 5) is 32.7. The fraction of sp³-hybridized carbons (Fsp3) is 0. The zero-order valence-corrected chi connectivity index (χ0v) is 11.8. The van der Waals surface area contributed by atoms with Gasteiger partial charge in [0.05, 0.1) is 17.3 Å². The van der Waals surface area contributed by atoms with Gasteiger partial charge in [-0.2, -0.15) is 0 Å². The molecule has 0 saturated heterocycles. The highest BCUT2D eigenvalue weighted by Gasteiger charge is 2.20. The van der Waals surface area contributed by atoms with E-state index in [1.54, 1.807) is 6.07 Å². The Kier molecular flexibility index (Phi) is 4.03. The third kappa shape index (κ3) is 3.08. The van der Waals surface area contributed by atoms with Gasteiger partial charge in [0.25, 0.3) is 5.91 Å². The van der Waals surface area contributed by atoms with E-state index in [0.29, 0.717) is 4.47 Å². The van der Waals surface area contributed by atoms with Gasteiger partial charge in [-0.25, -0.2) is 4.79 Å². The lowest BCUT2D eigenvalue weighted by molar-refractivity contribution is -0.402. The monoisotopic (exact) mass is 354 g/mol. The van der Waals surface area contributed by atoms with E-state index in [4.69, 9.17) is 9.52 Å². The van der Waals surface area contributed by atoms with Gasteiger partial charge >= 0.3 is 11.9 Å². The molecule has 0 radical (unpaired) electrons. The summed E-state index contributed by atoms with van der Waals surface area (Å²) in [7, 11) is 0. The second kappa shape index (κ2) is 5.75. The average Bonchev–Trinajstić information content (AvgIpc) is 2.90. The van der Waals surface area contributed by atoms with Crippen molar-refractivity contribution in [2.24, 2.45) is 0 Å². The molecule has 8 nitrogen and oxygen atoms in total. The van der Waals surface area contributed by atoms with Crippen LogP contribution in [0.5, 0.6) is 0 Å². The van der Waals surface area contributed by atoms with Crippen molar-refractivity contribution in [3.05, 3.63) is 56.2 Å². The van der Waals surface area contributed by atoms with Crippen molar-refractivity contribution in [1.82, 2.24) is 0 Å². The van der Waals surface area contributed by atoms with Gasteiger partial charge in [0.2, 0.25) is 0 Å². The van der Waals surface area contributed by atoms with Crippen LogP contribution in [0.2, 0.25) is 0 Å². The maximum atomic E-state index is 11.9. The molecule has 1 heterocycles. The van der Waals surface area contributed by atoms with Crippen molar-refractivity contribution < 1.29 is 24.0 Å². The molecular formula is C12H7BrN2O6. The van der Waals surface area contributed by atoms with Gasteiger partial charge in [0.1, 0.15) is 4.92 Å². The minimum atomic E-state index is -1.22. The molecule has 0 spiro atoms. The lowest BCUT2D eigenvalue weighted by atomic mass is 10.2. The molecule has 0 aliphatic heterocycles. The van der Waals surface area contributed by atoms with E-state index in [1.807, 2.05) is 0 Å². The first-order chi connectivity index (χ1) is 9.90. The Balaban J connectivity index is 2.31. The number of furan rings is 1. The number of rotatable bonds is 4. The van der Waals surface area contributed by atoms with Crippen LogP contribution in [0.15, 0.2) is 39.2 Å². The van der Waals surface area contributed by atoms with E-state index in [0.717, 1.165) is 12.1 Å². The van der Waals surface area contributed by atoms with Gasteiger partial charge < -0.3 is 14.8 Å². The summed E-state index contributed by atoms with van der Waals surface area (Å²) < 4.78 is 5.10. The van der Waals surface area contributed by atoms with Crippen LogP contribution in [-0.4, -0.2) is 21.9 Å². The molecule has 0 aliphatic carbocycles. The molecule has 1 amide bonds. The van der Waals surface area contributed by atoms with E-state index >= 15 is 0 Å². The highest BCUT2D eigenvalue weighted by molar-refractivity contribution is 9.10. The first-order valence-corrected chi connectivity index (χ1v) is 6.27. The number of anilines is 1. The topological polar surface area (TPSA) is 123 Å². The molecule has 0 saturated carbocycles. The SMILES string of the molecule is O=C(Nc1c(Br)cccc1C(=O)O)c1ccc([N+](=O)[O-])o1. The normalized spacial score (nSPS) is 10.1. The van der Waals surface area contributed by atoms with Crippen molar-refractivity contribution in [2.45, 2.75) is 0 Å². The van der Waals surface area contributed by atoms with E-state index in [9.17, 15) is 19.7 Å². The minimum absolute atomic E-state index is 0.0362. The Labute approximate surface area is 125 Å². The zero-order chi connectivity index (χ0) is 15.6. The summed E-state index contributed by atoms with van der Waals surface area (Å²) in [5.41, 5.74) is -0.0900. The highest BCUT2D eigenvalue weighted by atomic mass is 79.9. The Morgan fingerprint density at radius 2 is 2.00 bits per heavy atom. The molecule has 0 bridgehead atoms. The first-order valence-electron chi connectivity index (χ1n) is 5.47. The summed E-state index contributed by atoms with van der Waals surface area (Å²) >= 11 is 3.13. The number of carboxylic acid groups (broad SMARTS) is 1. The molecule has 2 rings (SSSR count). The number of nitro groups is 1.